The first-order chi connectivity index (χ1) is 13.3. The van der Waals surface area contributed by atoms with E-state index in [0.717, 1.165) is 28.7 Å². The van der Waals surface area contributed by atoms with E-state index in [-0.39, 0.29) is 5.41 Å². The molecule has 0 aliphatic rings. The summed E-state index contributed by atoms with van der Waals surface area (Å²) in [7, 11) is 0. The van der Waals surface area contributed by atoms with Gasteiger partial charge in [-0.15, -0.1) is 0 Å². The van der Waals surface area contributed by atoms with Gasteiger partial charge in [0.2, 0.25) is 0 Å². The van der Waals surface area contributed by atoms with Crippen LogP contribution in [0.15, 0.2) is 66.7 Å². The Bertz CT molecular complexity index is 969. The second kappa shape index (κ2) is 7.99. The highest BCUT2D eigenvalue weighted by Gasteiger charge is 2.24. The summed E-state index contributed by atoms with van der Waals surface area (Å²) in [6.07, 6.45) is -0.121. The van der Waals surface area contributed by atoms with Gasteiger partial charge in [0, 0.05) is 11.1 Å². The van der Waals surface area contributed by atoms with Crippen LogP contribution >= 0.6 is 0 Å². The van der Waals surface area contributed by atoms with E-state index in [1.54, 1.807) is 18.2 Å². The van der Waals surface area contributed by atoms with Crippen molar-refractivity contribution in [2.24, 2.45) is 0 Å². The molecule has 0 fully saturated rings. The third kappa shape index (κ3) is 4.00. The summed E-state index contributed by atoms with van der Waals surface area (Å²) in [4.78, 5) is 11.7. The predicted molar refractivity (Wildman–Crippen MR) is 112 cm³/mol. The molecule has 0 spiro atoms. The Labute approximate surface area is 166 Å². The van der Waals surface area contributed by atoms with Crippen molar-refractivity contribution >= 4 is 6.29 Å². The number of carbonyl (C=O) groups excluding carboxylic acids is 1. The molecule has 1 unspecified atom stereocenters. The van der Waals surface area contributed by atoms with Gasteiger partial charge < -0.3 is 9.84 Å². The van der Waals surface area contributed by atoms with Crippen molar-refractivity contribution in [2.75, 3.05) is 0 Å². The first-order valence-corrected chi connectivity index (χ1v) is 9.42. The minimum absolute atomic E-state index is 0.129. The number of aliphatic hydroxyl groups excluding tert-OH is 1. The van der Waals surface area contributed by atoms with Gasteiger partial charge in [-0.2, -0.15) is 0 Å². The van der Waals surface area contributed by atoms with Gasteiger partial charge in [0.25, 0.3) is 0 Å². The Hall–Kier alpha value is -2.91. The number of aldehydes is 1. The van der Waals surface area contributed by atoms with Crippen LogP contribution in [0.1, 0.15) is 59.5 Å². The van der Waals surface area contributed by atoms with Crippen molar-refractivity contribution in [3.05, 3.63) is 94.5 Å². The van der Waals surface area contributed by atoms with E-state index in [4.69, 9.17) is 4.74 Å². The maximum Gasteiger partial charge on any atom is 0.153 e. The lowest BCUT2D eigenvalue weighted by Gasteiger charge is -2.26. The highest BCUT2D eigenvalue weighted by molar-refractivity contribution is 5.81. The van der Waals surface area contributed by atoms with Crippen molar-refractivity contribution in [3.8, 4) is 11.5 Å². The van der Waals surface area contributed by atoms with E-state index in [9.17, 15) is 9.90 Å². The fourth-order valence-corrected chi connectivity index (χ4v) is 3.29. The number of ether oxygens (including phenoxy) is 1. The fraction of sp³-hybridized carbons (Fsp3) is 0.240. The van der Waals surface area contributed by atoms with Gasteiger partial charge in [-0.3, -0.25) is 4.79 Å². The Morgan fingerprint density at radius 1 is 0.893 bits per heavy atom. The lowest BCUT2D eigenvalue weighted by molar-refractivity contribution is 0.112. The van der Waals surface area contributed by atoms with Gasteiger partial charge in [0.15, 0.2) is 6.29 Å². The van der Waals surface area contributed by atoms with Gasteiger partial charge in [0.1, 0.15) is 17.6 Å². The van der Waals surface area contributed by atoms with Crippen LogP contribution in [0, 0.1) is 6.92 Å². The number of hydrogen-bond donors (Lipinski definition) is 1. The van der Waals surface area contributed by atoms with Crippen LogP contribution in [0.5, 0.6) is 11.5 Å². The van der Waals surface area contributed by atoms with E-state index in [1.165, 1.54) is 0 Å². The van der Waals surface area contributed by atoms with Crippen LogP contribution in [0.25, 0.3) is 0 Å². The lowest BCUT2D eigenvalue weighted by atomic mass is 9.85. The van der Waals surface area contributed by atoms with Crippen LogP contribution in [0.2, 0.25) is 0 Å². The van der Waals surface area contributed by atoms with Crippen LogP contribution < -0.4 is 4.74 Å². The first kappa shape index (κ1) is 19.8. The minimum atomic E-state index is -0.891. The van der Waals surface area contributed by atoms with Crippen molar-refractivity contribution < 1.29 is 14.6 Å². The smallest absolute Gasteiger partial charge is 0.153 e. The zero-order chi connectivity index (χ0) is 20.3. The Balaban J connectivity index is 2.15. The molecule has 0 heterocycles. The Kier molecular flexibility index (Phi) is 5.66. The Morgan fingerprint density at radius 2 is 1.57 bits per heavy atom. The number of benzene rings is 3. The van der Waals surface area contributed by atoms with E-state index < -0.39 is 6.10 Å². The third-order valence-electron chi connectivity index (χ3n) is 4.84. The van der Waals surface area contributed by atoms with Gasteiger partial charge in [-0.1, -0.05) is 81.4 Å². The molecule has 0 aromatic heterocycles. The van der Waals surface area contributed by atoms with Gasteiger partial charge >= 0.3 is 0 Å². The third-order valence-corrected chi connectivity index (χ3v) is 4.84. The molecular formula is C25H26O3. The largest absolute Gasteiger partial charge is 0.456 e. The molecule has 28 heavy (non-hydrogen) atoms. The van der Waals surface area contributed by atoms with E-state index in [0.29, 0.717) is 16.9 Å². The molecule has 0 radical (unpaired) electrons. The van der Waals surface area contributed by atoms with Crippen LogP contribution in [-0.2, 0) is 5.41 Å². The van der Waals surface area contributed by atoms with Crippen LogP contribution in [-0.4, -0.2) is 11.4 Å². The molecule has 0 aliphatic heterocycles. The second-order valence-electron chi connectivity index (χ2n) is 8.00. The molecule has 3 nitrogen and oxygen atoms in total. The first-order valence-electron chi connectivity index (χ1n) is 9.42. The monoisotopic (exact) mass is 374 g/mol. The molecule has 144 valence electrons. The number of hydrogen-bond acceptors (Lipinski definition) is 3. The summed E-state index contributed by atoms with van der Waals surface area (Å²) in [6.45, 7) is 8.36. The molecular weight excluding hydrogens is 348 g/mol. The number of aliphatic hydroxyl groups is 1. The maximum absolute atomic E-state index is 11.7. The highest BCUT2D eigenvalue weighted by atomic mass is 16.5. The Morgan fingerprint density at radius 3 is 2.21 bits per heavy atom. The number of rotatable bonds is 5. The molecule has 3 aromatic carbocycles. The van der Waals surface area contributed by atoms with Gasteiger partial charge in [-0.05, 0) is 29.5 Å². The summed E-state index contributed by atoms with van der Waals surface area (Å²) >= 11 is 0. The van der Waals surface area contributed by atoms with Gasteiger partial charge in [0.05, 0.1) is 5.56 Å². The average molecular weight is 374 g/mol. The molecule has 3 rings (SSSR count). The van der Waals surface area contributed by atoms with Crippen molar-refractivity contribution in [2.45, 2.75) is 39.2 Å². The van der Waals surface area contributed by atoms with Crippen LogP contribution in [0.3, 0.4) is 0 Å². The summed E-state index contributed by atoms with van der Waals surface area (Å²) in [5.74, 6) is 1.12. The molecule has 0 bridgehead atoms. The summed E-state index contributed by atoms with van der Waals surface area (Å²) in [5.41, 5.74) is 3.63. The maximum atomic E-state index is 11.7. The SMILES string of the molecule is Cc1cccc(C(C)(C)C)c1Oc1c(C=O)cccc1C(O)c1ccccc1. The quantitative estimate of drug-likeness (QED) is 0.559. The summed E-state index contributed by atoms with van der Waals surface area (Å²) < 4.78 is 6.37. The molecule has 0 saturated heterocycles. The van der Waals surface area contributed by atoms with Crippen molar-refractivity contribution in [1.82, 2.24) is 0 Å². The standard InChI is InChI=1S/C25H26O3/c1-17-10-8-15-21(25(2,3)4)23(17)28-24-19(16-26)13-9-14-20(24)22(27)18-11-6-5-7-12-18/h5-16,22,27H,1-4H3. The van der Waals surface area contributed by atoms with E-state index >= 15 is 0 Å². The zero-order valence-corrected chi connectivity index (χ0v) is 16.8. The molecule has 0 aliphatic carbocycles. The minimum Gasteiger partial charge on any atom is -0.456 e. The molecule has 3 aromatic rings. The topological polar surface area (TPSA) is 46.5 Å². The molecule has 3 heteroatoms. The summed E-state index contributed by atoms with van der Waals surface area (Å²) in [6, 6.07) is 20.7. The fourth-order valence-electron chi connectivity index (χ4n) is 3.29. The summed E-state index contributed by atoms with van der Waals surface area (Å²) in [5, 5.41) is 11.0. The van der Waals surface area contributed by atoms with E-state index in [2.05, 4.69) is 20.8 Å². The van der Waals surface area contributed by atoms with Gasteiger partial charge in [-0.25, -0.2) is 0 Å². The normalized spacial score (nSPS) is 12.5. The molecule has 1 N–H and O–H groups in total. The number of carbonyl (C=O) groups is 1. The average Bonchev–Trinajstić information content (AvgIpc) is 2.68. The van der Waals surface area contributed by atoms with Crippen molar-refractivity contribution in [3.63, 3.8) is 0 Å². The van der Waals surface area contributed by atoms with E-state index in [1.807, 2.05) is 55.5 Å². The predicted octanol–water partition coefficient (Wildman–Crippen LogP) is 5.98. The lowest BCUT2D eigenvalue weighted by Crippen LogP contribution is -2.14. The molecule has 0 saturated carbocycles. The molecule has 1 atom stereocenters. The number of para-hydroxylation sites is 2. The zero-order valence-electron chi connectivity index (χ0n) is 16.8. The molecule has 0 amide bonds. The second-order valence-corrected chi connectivity index (χ2v) is 8.00. The van der Waals surface area contributed by atoms with Crippen molar-refractivity contribution in [1.29, 1.82) is 0 Å². The number of aryl methyl sites for hydroxylation is 1. The highest BCUT2D eigenvalue weighted by Crippen LogP contribution is 2.40. The van der Waals surface area contributed by atoms with Crippen LogP contribution in [0.4, 0.5) is 0 Å².